The summed E-state index contributed by atoms with van der Waals surface area (Å²) in [5.41, 5.74) is 0.672. The van der Waals surface area contributed by atoms with Crippen molar-refractivity contribution < 1.29 is 18.7 Å². The summed E-state index contributed by atoms with van der Waals surface area (Å²) in [6.07, 6.45) is 3.25. The molecule has 1 aliphatic heterocycles. The fraction of sp³-hybridized carbons (Fsp3) is 0.304. The van der Waals surface area contributed by atoms with E-state index in [1.54, 1.807) is 42.6 Å². The number of hydrogen-bond acceptors (Lipinski definition) is 5. The molecule has 8 heteroatoms. The molecule has 1 aromatic heterocycles. The van der Waals surface area contributed by atoms with E-state index >= 15 is 0 Å². The van der Waals surface area contributed by atoms with E-state index in [4.69, 9.17) is 9.47 Å². The highest BCUT2D eigenvalue weighted by Crippen LogP contribution is 2.19. The number of benzene rings is 2. The van der Waals surface area contributed by atoms with Crippen LogP contribution in [0.3, 0.4) is 0 Å². The lowest BCUT2D eigenvalue weighted by Gasteiger charge is -2.34. The molecule has 2 heterocycles. The molecule has 2 aromatic carbocycles. The van der Waals surface area contributed by atoms with Crippen LogP contribution in [0.4, 0.5) is 4.39 Å². The van der Waals surface area contributed by atoms with E-state index in [0.29, 0.717) is 30.9 Å². The summed E-state index contributed by atoms with van der Waals surface area (Å²) >= 11 is 0. The van der Waals surface area contributed by atoms with Crippen molar-refractivity contribution in [3.05, 3.63) is 72.3 Å². The van der Waals surface area contributed by atoms with Crippen molar-refractivity contribution in [3.63, 3.8) is 0 Å². The van der Waals surface area contributed by atoms with Crippen molar-refractivity contribution >= 4 is 5.91 Å². The van der Waals surface area contributed by atoms with Crippen LogP contribution in [0.1, 0.15) is 10.4 Å². The van der Waals surface area contributed by atoms with Crippen LogP contribution in [0.15, 0.2) is 60.9 Å². The molecule has 0 aliphatic carbocycles. The van der Waals surface area contributed by atoms with Gasteiger partial charge in [0.25, 0.3) is 5.91 Å². The Hall–Kier alpha value is -3.39. The first-order chi connectivity index (χ1) is 15.1. The van der Waals surface area contributed by atoms with E-state index in [-0.39, 0.29) is 5.91 Å². The fourth-order valence-corrected chi connectivity index (χ4v) is 3.58. The second kappa shape index (κ2) is 9.61. The lowest BCUT2D eigenvalue weighted by Crippen LogP contribution is -2.49. The minimum atomic E-state index is -0.470. The molecule has 1 fully saturated rings. The van der Waals surface area contributed by atoms with Crippen LogP contribution < -0.4 is 9.47 Å². The number of amides is 1. The number of hydrogen-bond donors (Lipinski definition) is 0. The predicted molar refractivity (Wildman–Crippen MR) is 114 cm³/mol. The molecule has 0 N–H and O–H groups in total. The number of rotatable bonds is 7. The van der Waals surface area contributed by atoms with E-state index in [1.807, 2.05) is 24.3 Å². The highest BCUT2D eigenvalue weighted by atomic mass is 19.1. The smallest absolute Gasteiger partial charge is 0.254 e. The molecule has 0 saturated carbocycles. The number of carbonyl (C=O) groups is 1. The average molecular weight is 424 g/mol. The fourth-order valence-electron chi connectivity index (χ4n) is 3.58. The Morgan fingerprint density at radius 2 is 1.87 bits per heavy atom. The Kier molecular flexibility index (Phi) is 6.47. The molecule has 1 aliphatic rings. The van der Waals surface area contributed by atoms with Gasteiger partial charge in [0.2, 0.25) is 0 Å². The van der Waals surface area contributed by atoms with Crippen molar-refractivity contribution in [2.45, 2.75) is 0 Å². The van der Waals surface area contributed by atoms with Gasteiger partial charge in [-0.15, -0.1) is 0 Å². The maximum absolute atomic E-state index is 14.5. The van der Waals surface area contributed by atoms with Crippen LogP contribution in [0.5, 0.6) is 11.5 Å². The normalized spacial score (nSPS) is 14.5. The quantitative estimate of drug-likeness (QED) is 0.584. The summed E-state index contributed by atoms with van der Waals surface area (Å²) in [6, 6.07) is 13.8. The van der Waals surface area contributed by atoms with Crippen molar-refractivity contribution in [3.8, 4) is 17.2 Å². The molecule has 0 radical (unpaired) electrons. The van der Waals surface area contributed by atoms with Crippen LogP contribution >= 0.6 is 0 Å². The van der Waals surface area contributed by atoms with Gasteiger partial charge in [0.1, 0.15) is 29.6 Å². The molecule has 0 spiro atoms. The van der Waals surface area contributed by atoms with Gasteiger partial charge in [-0.3, -0.25) is 9.69 Å². The predicted octanol–water partition coefficient (Wildman–Crippen LogP) is 2.86. The third-order valence-corrected chi connectivity index (χ3v) is 5.32. The molecule has 0 atom stereocenters. The zero-order chi connectivity index (χ0) is 21.6. The van der Waals surface area contributed by atoms with Crippen LogP contribution in [0.25, 0.3) is 5.69 Å². The first-order valence-corrected chi connectivity index (χ1v) is 10.2. The van der Waals surface area contributed by atoms with Gasteiger partial charge in [0.05, 0.1) is 7.11 Å². The molecule has 1 amide bonds. The molecule has 3 aromatic rings. The molecule has 0 unspecified atom stereocenters. The Bertz CT molecular complexity index is 1020. The second-order valence-corrected chi connectivity index (χ2v) is 7.28. The number of carbonyl (C=O) groups excluding carboxylic acids is 1. The molecular weight excluding hydrogens is 399 g/mol. The summed E-state index contributed by atoms with van der Waals surface area (Å²) in [5, 5.41) is 4.03. The summed E-state index contributed by atoms with van der Waals surface area (Å²) < 4.78 is 26.9. The van der Waals surface area contributed by atoms with Gasteiger partial charge in [0.15, 0.2) is 0 Å². The molecule has 4 rings (SSSR count). The van der Waals surface area contributed by atoms with Gasteiger partial charge in [-0.2, -0.15) is 5.10 Å². The first-order valence-electron chi connectivity index (χ1n) is 10.2. The van der Waals surface area contributed by atoms with Crippen LogP contribution in [-0.4, -0.2) is 71.9 Å². The van der Waals surface area contributed by atoms with E-state index < -0.39 is 5.82 Å². The van der Waals surface area contributed by atoms with Crippen molar-refractivity contribution in [1.82, 2.24) is 19.6 Å². The van der Waals surface area contributed by atoms with Gasteiger partial charge >= 0.3 is 0 Å². The third-order valence-electron chi connectivity index (χ3n) is 5.32. The largest absolute Gasteiger partial charge is 0.497 e. The lowest BCUT2D eigenvalue weighted by atomic mass is 10.1. The van der Waals surface area contributed by atoms with Crippen molar-refractivity contribution in [2.75, 3.05) is 46.4 Å². The van der Waals surface area contributed by atoms with Crippen molar-refractivity contribution in [2.24, 2.45) is 0 Å². The first kappa shape index (κ1) is 20.9. The standard InChI is InChI=1S/C23H25FN4O3/c1-30-19-4-2-5-20(17-19)31-15-14-26-10-12-27(13-11-26)23(29)18-6-7-22(21(24)16-18)28-9-3-8-25-28/h2-9,16-17H,10-15H2,1H3. The van der Waals surface area contributed by atoms with Gasteiger partial charge in [0, 0.05) is 56.7 Å². The number of piperazine rings is 1. The Labute approximate surface area is 180 Å². The molecule has 1 saturated heterocycles. The number of methoxy groups -OCH3 is 1. The Balaban J connectivity index is 1.26. The number of ether oxygens (including phenoxy) is 2. The summed E-state index contributed by atoms with van der Waals surface area (Å²) in [6.45, 7) is 4.02. The Morgan fingerprint density at radius 1 is 1.06 bits per heavy atom. The van der Waals surface area contributed by atoms with Crippen LogP contribution in [0, 0.1) is 5.82 Å². The Morgan fingerprint density at radius 3 is 2.58 bits per heavy atom. The third kappa shape index (κ3) is 5.03. The summed E-state index contributed by atoms with van der Waals surface area (Å²) in [7, 11) is 1.63. The average Bonchev–Trinajstić information content (AvgIpc) is 3.34. The number of nitrogens with zero attached hydrogens (tertiary/aromatic N) is 4. The topological polar surface area (TPSA) is 59.8 Å². The second-order valence-electron chi connectivity index (χ2n) is 7.28. The summed E-state index contributed by atoms with van der Waals surface area (Å²) in [5.74, 6) is 0.911. The maximum Gasteiger partial charge on any atom is 0.254 e. The zero-order valence-corrected chi connectivity index (χ0v) is 17.4. The SMILES string of the molecule is COc1cccc(OCCN2CCN(C(=O)c3ccc(-n4cccn4)c(F)c3)CC2)c1. The highest BCUT2D eigenvalue weighted by molar-refractivity contribution is 5.94. The van der Waals surface area contributed by atoms with E-state index in [2.05, 4.69) is 10.00 Å². The highest BCUT2D eigenvalue weighted by Gasteiger charge is 2.23. The van der Waals surface area contributed by atoms with E-state index in [1.165, 1.54) is 10.7 Å². The minimum absolute atomic E-state index is 0.154. The van der Waals surface area contributed by atoms with Crippen LogP contribution in [0.2, 0.25) is 0 Å². The monoisotopic (exact) mass is 424 g/mol. The zero-order valence-electron chi connectivity index (χ0n) is 17.4. The molecule has 7 nitrogen and oxygen atoms in total. The number of aromatic nitrogens is 2. The minimum Gasteiger partial charge on any atom is -0.497 e. The van der Waals surface area contributed by atoms with Gasteiger partial charge in [-0.25, -0.2) is 9.07 Å². The van der Waals surface area contributed by atoms with Crippen LogP contribution in [-0.2, 0) is 0 Å². The molecule has 0 bridgehead atoms. The van der Waals surface area contributed by atoms with E-state index in [0.717, 1.165) is 31.1 Å². The van der Waals surface area contributed by atoms with Gasteiger partial charge in [-0.1, -0.05) is 6.07 Å². The van der Waals surface area contributed by atoms with E-state index in [9.17, 15) is 9.18 Å². The van der Waals surface area contributed by atoms with Gasteiger partial charge < -0.3 is 14.4 Å². The molecular formula is C23H25FN4O3. The molecule has 162 valence electrons. The molecule has 31 heavy (non-hydrogen) atoms. The van der Waals surface area contributed by atoms with Crippen molar-refractivity contribution in [1.29, 1.82) is 0 Å². The maximum atomic E-state index is 14.5. The lowest BCUT2D eigenvalue weighted by molar-refractivity contribution is 0.0620. The van der Waals surface area contributed by atoms with Gasteiger partial charge in [-0.05, 0) is 36.4 Å². The summed E-state index contributed by atoms with van der Waals surface area (Å²) in [4.78, 5) is 16.8. The number of halogens is 1.